The number of hydrogen-bond donors (Lipinski definition) is 1. The average Bonchev–Trinajstić information content (AvgIpc) is 2.91. The van der Waals surface area contributed by atoms with Crippen molar-refractivity contribution < 1.29 is 8.42 Å². The van der Waals surface area contributed by atoms with E-state index in [9.17, 15) is 8.42 Å². The molecule has 1 N–H and O–H groups in total. The molecule has 0 bridgehead atoms. The van der Waals surface area contributed by atoms with E-state index in [0.717, 1.165) is 12.8 Å². The molecule has 7 heteroatoms. The van der Waals surface area contributed by atoms with Gasteiger partial charge in [-0.05, 0) is 55.5 Å². The fourth-order valence-corrected chi connectivity index (χ4v) is 3.88. The normalized spacial score (nSPS) is 14.8. The van der Waals surface area contributed by atoms with Gasteiger partial charge in [0, 0.05) is 17.3 Å². The van der Waals surface area contributed by atoms with Gasteiger partial charge in [0.25, 0.3) is 0 Å². The lowest BCUT2D eigenvalue weighted by Crippen LogP contribution is -2.28. The SMILES string of the molecule is O=S(=O)(NCCn1ncc2c1CCCC2)c1ccc(Cl)cc1. The third-order valence-corrected chi connectivity index (χ3v) is 5.61. The molecule has 118 valence electrons. The summed E-state index contributed by atoms with van der Waals surface area (Å²) < 4.78 is 28.9. The summed E-state index contributed by atoms with van der Waals surface area (Å²) in [5, 5.41) is 4.88. The maximum atomic E-state index is 12.2. The van der Waals surface area contributed by atoms with Crippen LogP contribution in [0.4, 0.5) is 0 Å². The summed E-state index contributed by atoms with van der Waals surface area (Å²) in [6.07, 6.45) is 6.39. The van der Waals surface area contributed by atoms with E-state index in [1.165, 1.54) is 36.2 Å². The summed E-state index contributed by atoms with van der Waals surface area (Å²) in [5.41, 5.74) is 2.55. The predicted molar refractivity (Wildman–Crippen MR) is 85.5 cm³/mol. The van der Waals surface area contributed by atoms with E-state index >= 15 is 0 Å². The van der Waals surface area contributed by atoms with Crippen LogP contribution in [0.5, 0.6) is 0 Å². The smallest absolute Gasteiger partial charge is 0.240 e. The van der Waals surface area contributed by atoms with Gasteiger partial charge in [-0.3, -0.25) is 4.68 Å². The number of nitrogens with zero attached hydrogens (tertiary/aromatic N) is 2. The van der Waals surface area contributed by atoms with Crippen LogP contribution < -0.4 is 4.72 Å². The van der Waals surface area contributed by atoms with Gasteiger partial charge in [-0.25, -0.2) is 13.1 Å². The minimum Gasteiger partial charge on any atom is -0.268 e. The first-order valence-electron chi connectivity index (χ1n) is 7.35. The Kier molecular flexibility index (Phi) is 4.52. The summed E-state index contributed by atoms with van der Waals surface area (Å²) in [7, 11) is -3.50. The van der Waals surface area contributed by atoms with Crippen molar-refractivity contribution in [3.8, 4) is 0 Å². The van der Waals surface area contributed by atoms with E-state index < -0.39 is 10.0 Å². The van der Waals surface area contributed by atoms with Crippen molar-refractivity contribution in [3.63, 3.8) is 0 Å². The number of aryl methyl sites for hydroxylation is 1. The minimum absolute atomic E-state index is 0.222. The van der Waals surface area contributed by atoms with Crippen molar-refractivity contribution in [1.82, 2.24) is 14.5 Å². The second kappa shape index (κ2) is 6.40. The molecule has 1 aromatic heterocycles. The fourth-order valence-electron chi connectivity index (χ4n) is 2.73. The molecule has 0 radical (unpaired) electrons. The fraction of sp³-hybridized carbons (Fsp3) is 0.400. The third-order valence-electron chi connectivity index (χ3n) is 3.88. The van der Waals surface area contributed by atoms with Crippen molar-refractivity contribution in [2.45, 2.75) is 37.1 Å². The Bertz CT molecular complexity index is 754. The predicted octanol–water partition coefficient (Wildman–Crippen LogP) is 2.39. The standard InChI is InChI=1S/C15H18ClN3O2S/c16-13-5-7-14(8-6-13)22(20,21)18-9-10-19-15-4-2-1-3-12(15)11-17-19/h5-8,11,18H,1-4,9-10H2. The minimum atomic E-state index is -3.50. The zero-order chi connectivity index (χ0) is 15.6. The second-order valence-electron chi connectivity index (χ2n) is 5.40. The van der Waals surface area contributed by atoms with Crippen LogP contribution in [0, 0.1) is 0 Å². The Morgan fingerprint density at radius 2 is 1.91 bits per heavy atom. The lowest BCUT2D eigenvalue weighted by atomic mass is 9.98. The van der Waals surface area contributed by atoms with E-state index in [1.807, 2.05) is 10.9 Å². The summed E-state index contributed by atoms with van der Waals surface area (Å²) in [4.78, 5) is 0.222. The van der Waals surface area contributed by atoms with Crippen LogP contribution in [0.2, 0.25) is 5.02 Å². The van der Waals surface area contributed by atoms with Gasteiger partial charge in [-0.1, -0.05) is 11.6 Å². The first-order chi connectivity index (χ1) is 10.6. The van der Waals surface area contributed by atoms with Crippen LogP contribution in [0.1, 0.15) is 24.1 Å². The van der Waals surface area contributed by atoms with Crippen LogP contribution in [0.15, 0.2) is 35.4 Å². The zero-order valence-electron chi connectivity index (χ0n) is 12.1. The highest BCUT2D eigenvalue weighted by Crippen LogP contribution is 2.20. The molecule has 0 spiro atoms. The Morgan fingerprint density at radius 3 is 2.68 bits per heavy atom. The summed E-state index contributed by atoms with van der Waals surface area (Å²) in [5.74, 6) is 0. The Labute approximate surface area is 135 Å². The number of halogens is 1. The van der Waals surface area contributed by atoms with Gasteiger partial charge >= 0.3 is 0 Å². The lowest BCUT2D eigenvalue weighted by Gasteiger charge is -2.14. The third kappa shape index (κ3) is 3.34. The van der Waals surface area contributed by atoms with Gasteiger partial charge in [-0.15, -0.1) is 0 Å². The molecule has 1 aliphatic rings. The van der Waals surface area contributed by atoms with Crippen LogP contribution in [-0.2, 0) is 29.4 Å². The van der Waals surface area contributed by atoms with Crippen molar-refractivity contribution >= 4 is 21.6 Å². The topological polar surface area (TPSA) is 64.0 Å². The van der Waals surface area contributed by atoms with E-state index in [4.69, 9.17) is 11.6 Å². The van der Waals surface area contributed by atoms with E-state index in [0.29, 0.717) is 18.1 Å². The zero-order valence-corrected chi connectivity index (χ0v) is 13.7. The van der Waals surface area contributed by atoms with Crippen molar-refractivity contribution in [3.05, 3.63) is 46.7 Å². The van der Waals surface area contributed by atoms with Crippen LogP contribution in [-0.4, -0.2) is 24.7 Å². The molecule has 5 nitrogen and oxygen atoms in total. The molecular formula is C15H18ClN3O2S. The second-order valence-corrected chi connectivity index (χ2v) is 7.60. The molecule has 0 atom stereocenters. The van der Waals surface area contributed by atoms with Gasteiger partial charge in [0.05, 0.1) is 17.6 Å². The van der Waals surface area contributed by atoms with Crippen molar-refractivity contribution in [1.29, 1.82) is 0 Å². The number of hydrogen-bond acceptors (Lipinski definition) is 3. The molecule has 3 rings (SSSR count). The molecule has 0 fully saturated rings. The molecule has 1 heterocycles. The summed E-state index contributed by atoms with van der Waals surface area (Å²) >= 11 is 5.77. The number of benzene rings is 1. The number of aromatic nitrogens is 2. The highest BCUT2D eigenvalue weighted by Gasteiger charge is 2.16. The maximum absolute atomic E-state index is 12.2. The van der Waals surface area contributed by atoms with Crippen molar-refractivity contribution in [2.75, 3.05) is 6.54 Å². The van der Waals surface area contributed by atoms with Crippen molar-refractivity contribution in [2.24, 2.45) is 0 Å². The first kappa shape index (κ1) is 15.5. The number of fused-ring (bicyclic) bond motifs is 1. The maximum Gasteiger partial charge on any atom is 0.240 e. The molecule has 0 amide bonds. The Hall–Kier alpha value is -1.37. The largest absolute Gasteiger partial charge is 0.268 e. The Balaban J connectivity index is 1.63. The van der Waals surface area contributed by atoms with Gasteiger partial charge in [-0.2, -0.15) is 5.10 Å². The van der Waals surface area contributed by atoms with Crippen LogP contribution in [0.25, 0.3) is 0 Å². The molecule has 1 aliphatic carbocycles. The highest BCUT2D eigenvalue weighted by atomic mass is 35.5. The van der Waals surface area contributed by atoms with Gasteiger partial charge in [0.15, 0.2) is 0 Å². The number of rotatable bonds is 5. The molecule has 22 heavy (non-hydrogen) atoms. The quantitative estimate of drug-likeness (QED) is 0.909. The summed E-state index contributed by atoms with van der Waals surface area (Å²) in [6.45, 7) is 0.862. The molecular weight excluding hydrogens is 322 g/mol. The molecule has 0 saturated carbocycles. The van der Waals surface area contributed by atoms with Crippen LogP contribution >= 0.6 is 11.6 Å². The van der Waals surface area contributed by atoms with E-state index in [2.05, 4.69) is 9.82 Å². The monoisotopic (exact) mass is 339 g/mol. The number of sulfonamides is 1. The van der Waals surface area contributed by atoms with Gasteiger partial charge in [0.2, 0.25) is 10.0 Å². The average molecular weight is 340 g/mol. The summed E-state index contributed by atoms with van der Waals surface area (Å²) in [6, 6.07) is 6.14. The Morgan fingerprint density at radius 1 is 1.18 bits per heavy atom. The molecule has 0 unspecified atom stereocenters. The molecule has 0 aliphatic heterocycles. The van der Waals surface area contributed by atoms with Gasteiger partial charge in [0.1, 0.15) is 0 Å². The number of nitrogens with one attached hydrogen (secondary N) is 1. The van der Waals surface area contributed by atoms with E-state index in [1.54, 1.807) is 12.1 Å². The highest BCUT2D eigenvalue weighted by molar-refractivity contribution is 7.89. The van der Waals surface area contributed by atoms with Gasteiger partial charge < -0.3 is 0 Å². The lowest BCUT2D eigenvalue weighted by molar-refractivity contribution is 0.538. The molecule has 2 aromatic rings. The van der Waals surface area contributed by atoms with Crippen LogP contribution in [0.3, 0.4) is 0 Å². The van der Waals surface area contributed by atoms with E-state index in [-0.39, 0.29) is 4.90 Å². The molecule has 0 saturated heterocycles. The first-order valence-corrected chi connectivity index (χ1v) is 9.21. The molecule has 1 aromatic carbocycles.